The number of carbonyl (C=O) groups is 1. The van der Waals surface area contributed by atoms with Gasteiger partial charge < -0.3 is 4.74 Å². The number of aryl methyl sites for hydroxylation is 1. The molecule has 0 amide bonds. The first-order valence-corrected chi connectivity index (χ1v) is 7.06. The summed E-state index contributed by atoms with van der Waals surface area (Å²) in [6.45, 7) is 2.90. The van der Waals surface area contributed by atoms with Crippen LogP contribution in [0.1, 0.15) is 22.8 Å². The van der Waals surface area contributed by atoms with Gasteiger partial charge in [0, 0.05) is 6.07 Å². The van der Waals surface area contributed by atoms with Gasteiger partial charge in [0.05, 0.1) is 20.6 Å². The Hall–Kier alpha value is -1.29. The van der Waals surface area contributed by atoms with E-state index in [1.54, 1.807) is 6.92 Å². The molecule has 0 heterocycles. The Kier molecular flexibility index (Phi) is 4.77. The predicted octanol–water partition coefficient (Wildman–Crippen LogP) is 6.09. The van der Waals surface area contributed by atoms with Crippen LogP contribution in [0.3, 0.4) is 0 Å². The van der Waals surface area contributed by atoms with E-state index in [1.807, 2.05) is 0 Å². The molecule has 110 valence electrons. The number of rotatable bonds is 3. The highest BCUT2D eigenvalue weighted by Crippen LogP contribution is 2.37. The van der Waals surface area contributed by atoms with E-state index >= 15 is 0 Å². The Morgan fingerprint density at radius 2 is 1.62 bits per heavy atom. The molecule has 2 nitrogen and oxygen atoms in total. The van der Waals surface area contributed by atoms with E-state index in [0.717, 1.165) is 6.07 Å². The first-order valence-electron chi connectivity index (χ1n) is 5.93. The SMILES string of the molecule is CC(=O)c1cc(F)c(C)cc1Oc1cc(Cl)c(Cl)cc1Cl. The van der Waals surface area contributed by atoms with E-state index in [1.165, 1.54) is 25.1 Å². The van der Waals surface area contributed by atoms with Gasteiger partial charge in [-0.15, -0.1) is 0 Å². The second kappa shape index (κ2) is 6.22. The lowest BCUT2D eigenvalue weighted by molar-refractivity contribution is 0.101. The lowest BCUT2D eigenvalue weighted by Crippen LogP contribution is -2.00. The average molecular weight is 348 g/mol. The summed E-state index contributed by atoms with van der Waals surface area (Å²) in [6.07, 6.45) is 0. The van der Waals surface area contributed by atoms with Crippen LogP contribution >= 0.6 is 34.8 Å². The van der Waals surface area contributed by atoms with E-state index in [9.17, 15) is 9.18 Å². The summed E-state index contributed by atoms with van der Waals surface area (Å²) < 4.78 is 19.2. The zero-order chi connectivity index (χ0) is 15.7. The highest BCUT2D eigenvalue weighted by Gasteiger charge is 2.15. The fourth-order valence-electron chi connectivity index (χ4n) is 1.72. The van der Waals surface area contributed by atoms with Crippen LogP contribution in [0, 0.1) is 12.7 Å². The van der Waals surface area contributed by atoms with E-state index in [0.29, 0.717) is 5.56 Å². The van der Waals surface area contributed by atoms with Crippen molar-refractivity contribution in [1.82, 2.24) is 0 Å². The summed E-state index contributed by atoms with van der Waals surface area (Å²) in [7, 11) is 0. The zero-order valence-corrected chi connectivity index (χ0v) is 13.4. The van der Waals surface area contributed by atoms with Crippen molar-refractivity contribution in [1.29, 1.82) is 0 Å². The van der Waals surface area contributed by atoms with Crippen LogP contribution in [0.15, 0.2) is 24.3 Å². The molecule has 2 rings (SSSR count). The van der Waals surface area contributed by atoms with Crippen LogP contribution in [-0.2, 0) is 0 Å². The molecule has 0 aliphatic carbocycles. The van der Waals surface area contributed by atoms with Gasteiger partial charge in [0.2, 0.25) is 0 Å². The van der Waals surface area contributed by atoms with Gasteiger partial charge in [0.25, 0.3) is 0 Å². The summed E-state index contributed by atoms with van der Waals surface area (Å²) in [6, 6.07) is 5.45. The number of carbonyl (C=O) groups excluding carboxylic acids is 1. The minimum absolute atomic E-state index is 0.125. The van der Waals surface area contributed by atoms with Crippen LogP contribution < -0.4 is 4.74 Å². The molecule has 0 aliphatic heterocycles. The standard InChI is InChI=1S/C15H10Cl3FO2/c1-7-3-14(9(8(2)20)4-13(7)19)21-15-6-11(17)10(16)5-12(15)18/h3-6H,1-2H3. The molecule has 0 saturated heterocycles. The van der Waals surface area contributed by atoms with Crippen LogP contribution in [-0.4, -0.2) is 5.78 Å². The van der Waals surface area contributed by atoms with E-state index in [4.69, 9.17) is 39.5 Å². The molecule has 0 radical (unpaired) electrons. The highest BCUT2D eigenvalue weighted by atomic mass is 35.5. The molecular weight excluding hydrogens is 338 g/mol. The van der Waals surface area contributed by atoms with Crippen molar-refractivity contribution in [3.63, 3.8) is 0 Å². The van der Waals surface area contributed by atoms with Gasteiger partial charge in [-0.2, -0.15) is 0 Å². The van der Waals surface area contributed by atoms with E-state index in [-0.39, 0.29) is 37.9 Å². The monoisotopic (exact) mass is 346 g/mol. The molecule has 0 bridgehead atoms. The van der Waals surface area contributed by atoms with Gasteiger partial charge in [0.15, 0.2) is 5.78 Å². The van der Waals surface area contributed by atoms with Gasteiger partial charge in [-0.3, -0.25) is 4.79 Å². The molecular formula is C15H10Cl3FO2. The maximum absolute atomic E-state index is 13.6. The van der Waals surface area contributed by atoms with Crippen LogP contribution in [0.4, 0.5) is 4.39 Å². The molecule has 21 heavy (non-hydrogen) atoms. The van der Waals surface area contributed by atoms with Crippen molar-refractivity contribution in [3.05, 3.63) is 56.3 Å². The lowest BCUT2D eigenvalue weighted by Gasteiger charge is -2.13. The average Bonchev–Trinajstić information content (AvgIpc) is 2.39. The smallest absolute Gasteiger partial charge is 0.163 e. The molecule has 2 aromatic carbocycles. The van der Waals surface area contributed by atoms with Crippen LogP contribution in [0.2, 0.25) is 15.1 Å². The molecule has 2 aromatic rings. The second-order valence-corrected chi connectivity index (χ2v) is 5.67. The number of hydrogen-bond donors (Lipinski definition) is 0. The fraction of sp³-hybridized carbons (Fsp3) is 0.133. The van der Waals surface area contributed by atoms with Crippen molar-refractivity contribution in [2.75, 3.05) is 0 Å². The van der Waals surface area contributed by atoms with Gasteiger partial charge in [-0.25, -0.2) is 4.39 Å². The van der Waals surface area contributed by atoms with Crippen molar-refractivity contribution >= 4 is 40.6 Å². The van der Waals surface area contributed by atoms with E-state index in [2.05, 4.69) is 0 Å². The Labute approximate surface area is 136 Å². The summed E-state index contributed by atoms with van der Waals surface area (Å²) in [4.78, 5) is 11.6. The minimum atomic E-state index is -0.479. The van der Waals surface area contributed by atoms with Gasteiger partial charge in [0.1, 0.15) is 17.3 Å². The summed E-state index contributed by atoms with van der Waals surface area (Å²) in [5.74, 6) is -0.353. The lowest BCUT2D eigenvalue weighted by atomic mass is 10.1. The van der Waals surface area contributed by atoms with Gasteiger partial charge in [-0.1, -0.05) is 34.8 Å². The molecule has 0 aliphatic rings. The van der Waals surface area contributed by atoms with Crippen molar-refractivity contribution in [2.24, 2.45) is 0 Å². The maximum Gasteiger partial charge on any atom is 0.163 e. The first kappa shape index (κ1) is 16.1. The molecule has 0 spiro atoms. The quantitative estimate of drug-likeness (QED) is 0.496. The third-order valence-corrected chi connectivity index (χ3v) is 3.85. The first-order chi connectivity index (χ1) is 9.79. The number of Topliss-reactive ketones (excluding diaryl/α,β-unsaturated/α-hetero) is 1. The zero-order valence-electron chi connectivity index (χ0n) is 11.1. The number of halogens is 4. The topological polar surface area (TPSA) is 26.3 Å². The van der Waals surface area contributed by atoms with Crippen LogP contribution in [0.5, 0.6) is 11.5 Å². The Balaban J connectivity index is 2.51. The largest absolute Gasteiger partial charge is 0.455 e. The Bertz CT molecular complexity index is 729. The highest BCUT2D eigenvalue weighted by molar-refractivity contribution is 6.43. The maximum atomic E-state index is 13.6. The van der Waals surface area contributed by atoms with Crippen molar-refractivity contribution in [3.8, 4) is 11.5 Å². The summed E-state index contributed by atoms with van der Waals surface area (Å²) in [5, 5.41) is 0.788. The molecule has 0 unspecified atom stereocenters. The Morgan fingerprint density at radius 1 is 1.00 bits per heavy atom. The molecule has 6 heteroatoms. The second-order valence-electron chi connectivity index (χ2n) is 4.45. The third-order valence-electron chi connectivity index (χ3n) is 2.83. The minimum Gasteiger partial charge on any atom is -0.455 e. The molecule has 0 fully saturated rings. The number of ether oxygens (including phenoxy) is 1. The third kappa shape index (κ3) is 3.49. The Morgan fingerprint density at radius 3 is 2.24 bits per heavy atom. The number of benzene rings is 2. The number of hydrogen-bond acceptors (Lipinski definition) is 2. The van der Waals surface area contributed by atoms with Gasteiger partial charge in [-0.05, 0) is 37.6 Å². The number of ketones is 1. The van der Waals surface area contributed by atoms with Crippen molar-refractivity contribution in [2.45, 2.75) is 13.8 Å². The predicted molar refractivity (Wildman–Crippen MR) is 82.7 cm³/mol. The molecule has 0 atom stereocenters. The normalized spacial score (nSPS) is 10.6. The van der Waals surface area contributed by atoms with Crippen molar-refractivity contribution < 1.29 is 13.9 Å². The van der Waals surface area contributed by atoms with Crippen LogP contribution in [0.25, 0.3) is 0 Å². The van der Waals surface area contributed by atoms with E-state index < -0.39 is 5.82 Å². The van der Waals surface area contributed by atoms with Gasteiger partial charge >= 0.3 is 0 Å². The fourth-order valence-corrected chi connectivity index (χ4v) is 2.29. The molecule has 0 aromatic heterocycles. The summed E-state index contributed by atoms with van der Waals surface area (Å²) >= 11 is 17.8. The molecule has 0 N–H and O–H groups in total. The summed E-state index contributed by atoms with van der Waals surface area (Å²) in [5.41, 5.74) is 0.478. The molecule has 0 saturated carbocycles.